The number of ether oxygens (including phenoxy) is 2. The van der Waals surface area contributed by atoms with E-state index in [0.29, 0.717) is 19.8 Å². The molecule has 19 heavy (non-hydrogen) atoms. The number of benzene rings is 1. The highest BCUT2D eigenvalue weighted by Crippen LogP contribution is 2.07. The van der Waals surface area contributed by atoms with Gasteiger partial charge in [-0.05, 0) is 32.1 Å². The number of hydrogen-bond acceptors (Lipinski definition) is 4. The second kappa shape index (κ2) is 10.3. The predicted molar refractivity (Wildman–Crippen MR) is 74.3 cm³/mol. The number of rotatable bonds is 10. The SMILES string of the molecule is CNCCCNC(=O)COCCOc1ccccc1. The van der Waals surface area contributed by atoms with E-state index in [1.54, 1.807) is 0 Å². The van der Waals surface area contributed by atoms with E-state index < -0.39 is 0 Å². The summed E-state index contributed by atoms with van der Waals surface area (Å²) in [7, 11) is 1.89. The Balaban J connectivity index is 1.94. The quantitative estimate of drug-likeness (QED) is 0.615. The van der Waals surface area contributed by atoms with Crippen molar-refractivity contribution in [3.05, 3.63) is 30.3 Å². The molecule has 5 nitrogen and oxygen atoms in total. The van der Waals surface area contributed by atoms with Gasteiger partial charge < -0.3 is 20.1 Å². The molecule has 0 unspecified atom stereocenters. The van der Waals surface area contributed by atoms with Gasteiger partial charge >= 0.3 is 0 Å². The molecule has 1 aromatic carbocycles. The Kier molecular flexibility index (Phi) is 8.42. The van der Waals surface area contributed by atoms with Crippen molar-refractivity contribution in [1.82, 2.24) is 10.6 Å². The molecule has 1 aromatic rings. The standard InChI is InChI=1S/C14H22N2O3/c1-15-8-5-9-16-14(17)12-18-10-11-19-13-6-3-2-4-7-13/h2-4,6-7,15H,5,8-12H2,1H3,(H,16,17). The number of amides is 1. The average molecular weight is 266 g/mol. The first kappa shape index (κ1) is 15.5. The third-order valence-electron chi connectivity index (χ3n) is 2.40. The van der Waals surface area contributed by atoms with Crippen molar-refractivity contribution in [1.29, 1.82) is 0 Å². The van der Waals surface area contributed by atoms with Crippen LogP contribution in [0.2, 0.25) is 0 Å². The lowest BCUT2D eigenvalue weighted by atomic mass is 10.3. The molecule has 0 heterocycles. The smallest absolute Gasteiger partial charge is 0.246 e. The first-order valence-corrected chi connectivity index (χ1v) is 6.50. The van der Waals surface area contributed by atoms with Gasteiger partial charge in [0.2, 0.25) is 5.91 Å². The van der Waals surface area contributed by atoms with Crippen LogP contribution in [0.15, 0.2) is 30.3 Å². The van der Waals surface area contributed by atoms with E-state index in [1.807, 2.05) is 37.4 Å². The molecule has 1 rings (SSSR count). The lowest BCUT2D eigenvalue weighted by molar-refractivity contribution is -0.125. The summed E-state index contributed by atoms with van der Waals surface area (Å²) >= 11 is 0. The van der Waals surface area contributed by atoms with Crippen molar-refractivity contribution in [2.24, 2.45) is 0 Å². The van der Waals surface area contributed by atoms with E-state index in [4.69, 9.17) is 9.47 Å². The monoisotopic (exact) mass is 266 g/mol. The van der Waals surface area contributed by atoms with E-state index in [0.717, 1.165) is 18.7 Å². The van der Waals surface area contributed by atoms with Crippen molar-refractivity contribution in [3.63, 3.8) is 0 Å². The highest BCUT2D eigenvalue weighted by molar-refractivity contribution is 5.77. The zero-order valence-corrected chi connectivity index (χ0v) is 11.4. The van der Waals surface area contributed by atoms with Crippen molar-refractivity contribution in [2.45, 2.75) is 6.42 Å². The van der Waals surface area contributed by atoms with Gasteiger partial charge in [0, 0.05) is 6.54 Å². The molecule has 0 fully saturated rings. The lowest BCUT2D eigenvalue weighted by Gasteiger charge is -2.07. The maximum atomic E-state index is 11.3. The Morgan fingerprint density at radius 2 is 1.95 bits per heavy atom. The van der Waals surface area contributed by atoms with Crippen molar-refractivity contribution in [3.8, 4) is 5.75 Å². The number of carbonyl (C=O) groups excluding carboxylic acids is 1. The number of para-hydroxylation sites is 1. The van der Waals surface area contributed by atoms with Gasteiger partial charge in [-0.25, -0.2) is 0 Å². The zero-order chi connectivity index (χ0) is 13.8. The highest BCUT2D eigenvalue weighted by Gasteiger charge is 2.00. The molecule has 0 aliphatic heterocycles. The van der Waals surface area contributed by atoms with Gasteiger partial charge in [-0.15, -0.1) is 0 Å². The molecule has 5 heteroatoms. The van der Waals surface area contributed by atoms with Crippen LogP contribution in [0.3, 0.4) is 0 Å². The largest absolute Gasteiger partial charge is 0.491 e. The van der Waals surface area contributed by atoms with Gasteiger partial charge in [0.15, 0.2) is 0 Å². The summed E-state index contributed by atoms with van der Waals surface area (Å²) in [4.78, 5) is 11.3. The molecular formula is C14H22N2O3. The fourth-order valence-corrected chi connectivity index (χ4v) is 1.44. The molecule has 2 N–H and O–H groups in total. The summed E-state index contributed by atoms with van der Waals surface area (Å²) in [5, 5.41) is 5.80. The second-order valence-corrected chi connectivity index (χ2v) is 4.02. The van der Waals surface area contributed by atoms with Crippen LogP contribution in [0, 0.1) is 0 Å². The maximum absolute atomic E-state index is 11.3. The van der Waals surface area contributed by atoms with Crippen molar-refractivity contribution in [2.75, 3.05) is 40.0 Å². The third kappa shape index (κ3) is 8.18. The molecule has 106 valence electrons. The summed E-state index contributed by atoms with van der Waals surface area (Å²) in [6, 6.07) is 9.52. The summed E-state index contributed by atoms with van der Waals surface area (Å²) in [6.45, 7) is 2.49. The van der Waals surface area contributed by atoms with Gasteiger partial charge in [-0.3, -0.25) is 4.79 Å². The molecule has 0 aromatic heterocycles. The zero-order valence-electron chi connectivity index (χ0n) is 11.4. The van der Waals surface area contributed by atoms with Crippen LogP contribution in [0.1, 0.15) is 6.42 Å². The molecule has 0 bridgehead atoms. The minimum atomic E-state index is -0.0872. The summed E-state index contributed by atoms with van der Waals surface area (Å²) < 4.78 is 10.7. The van der Waals surface area contributed by atoms with Crippen LogP contribution in [0.5, 0.6) is 5.75 Å². The van der Waals surface area contributed by atoms with Crippen molar-refractivity contribution < 1.29 is 14.3 Å². The Morgan fingerprint density at radius 1 is 1.16 bits per heavy atom. The number of carbonyl (C=O) groups is 1. The fraction of sp³-hybridized carbons (Fsp3) is 0.500. The lowest BCUT2D eigenvalue weighted by Crippen LogP contribution is -2.30. The fourth-order valence-electron chi connectivity index (χ4n) is 1.44. The summed E-state index contributed by atoms with van der Waals surface area (Å²) in [6.07, 6.45) is 0.916. The average Bonchev–Trinajstić information content (AvgIpc) is 2.44. The predicted octanol–water partition coefficient (Wildman–Crippen LogP) is 0.808. The van der Waals surface area contributed by atoms with Crippen LogP contribution in [-0.2, 0) is 9.53 Å². The van der Waals surface area contributed by atoms with Gasteiger partial charge in [0.25, 0.3) is 0 Å². The minimum Gasteiger partial charge on any atom is -0.491 e. The molecule has 0 spiro atoms. The molecule has 0 aliphatic carbocycles. The number of hydrogen-bond donors (Lipinski definition) is 2. The van der Waals surface area contributed by atoms with Gasteiger partial charge in [0.05, 0.1) is 6.61 Å². The van der Waals surface area contributed by atoms with E-state index in [9.17, 15) is 4.79 Å². The minimum absolute atomic E-state index is 0.0811. The van der Waals surface area contributed by atoms with E-state index in [2.05, 4.69) is 10.6 Å². The molecule has 1 amide bonds. The molecule has 0 saturated heterocycles. The Morgan fingerprint density at radius 3 is 2.68 bits per heavy atom. The van der Waals surface area contributed by atoms with Gasteiger partial charge in [-0.1, -0.05) is 18.2 Å². The molecule has 0 saturated carbocycles. The van der Waals surface area contributed by atoms with E-state index >= 15 is 0 Å². The second-order valence-electron chi connectivity index (χ2n) is 4.02. The van der Waals surface area contributed by atoms with Crippen LogP contribution < -0.4 is 15.4 Å². The van der Waals surface area contributed by atoms with Gasteiger partial charge in [-0.2, -0.15) is 0 Å². The van der Waals surface area contributed by atoms with E-state index in [-0.39, 0.29) is 12.5 Å². The molecule has 0 aliphatic rings. The molecular weight excluding hydrogens is 244 g/mol. The normalized spacial score (nSPS) is 10.2. The Labute approximate surface area is 114 Å². The maximum Gasteiger partial charge on any atom is 0.246 e. The topological polar surface area (TPSA) is 59.6 Å². The number of nitrogens with one attached hydrogen (secondary N) is 2. The van der Waals surface area contributed by atoms with Gasteiger partial charge in [0.1, 0.15) is 19.0 Å². The van der Waals surface area contributed by atoms with Crippen LogP contribution in [-0.4, -0.2) is 45.9 Å². The Hall–Kier alpha value is -1.59. The third-order valence-corrected chi connectivity index (χ3v) is 2.40. The van der Waals surface area contributed by atoms with Crippen molar-refractivity contribution >= 4 is 5.91 Å². The first-order valence-electron chi connectivity index (χ1n) is 6.50. The first-order chi connectivity index (χ1) is 9.33. The van der Waals surface area contributed by atoms with Crippen LogP contribution in [0.25, 0.3) is 0 Å². The summed E-state index contributed by atoms with van der Waals surface area (Å²) in [5.74, 6) is 0.721. The molecule has 0 radical (unpaired) electrons. The summed E-state index contributed by atoms with van der Waals surface area (Å²) in [5.41, 5.74) is 0. The Bertz CT molecular complexity index is 344. The van der Waals surface area contributed by atoms with Crippen LogP contribution >= 0.6 is 0 Å². The molecule has 0 atom stereocenters. The van der Waals surface area contributed by atoms with Crippen LogP contribution in [0.4, 0.5) is 0 Å². The highest BCUT2D eigenvalue weighted by atomic mass is 16.5. The van der Waals surface area contributed by atoms with E-state index in [1.165, 1.54) is 0 Å².